The molecule has 0 amide bonds. The van der Waals surface area contributed by atoms with E-state index in [9.17, 15) is 4.79 Å². The molecule has 20 heavy (non-hydrogen) atoms. The second-order valence-corrected chi connectivity index (χ2v) is 7.50. The van der Waals surface area contributed by atoms with Crippen LogP contribution in [0.1, 0.15) is 78.1 Å². The van der Waals surface area contributed by atoms with E-state index in [0.29, 0.717) is 0 Å². The summed E-state index contributed by atoms with van der Waals surface area (Å²) in [6, 6.07) is 0. The lowest BCUT2D eigenvalue weighted by molar-refractivity contribution is -0.148. The maximum absolute atomic E-state index is 11.5. The number of ether oxygens (including phenoxy) is 1. The van der Waals surface area contributed by atoms with Crippen LogP contribution in [0.3, 0.4) is 0 Å². The van der Waals surface area contributed by atoms with Crippen LogP contribution < -0.4 is 0 Å². The molecule has 0 fully saturated rings. The minimum absolute atomic E-state index is 0.126. The Morgan fingerprint density at radius 2 is 1.45 bits per heavy atom. The van der Waals surface area contributed by atoms with Crippen molar-refractivity contribution >= 4 is 40.8 Å². The maximum Gasteiger partial charge on any atom is 0.358 e. The van der Waals surface area contributed by atoms with Crippen LogP contribution in [0.5, 0.6) is 0 Å². The lowest BCUT2D eigenvalue weighted by Crippen LogP contribution is -2.27. The van der Waals surface area contributed by atoms with E-state index in [1.807, 2.05) is 0 Å². The normalized spacial score (nSPS) is 13.2. The van der Waals surface area contributed by atoms with Crippen molar-refractivity contribution in [3.05, 3.63) is 0 Å². The van der Waals surface area contributed by atoms with Crippen molar-refractivity contribution in [2.24, 2.45) is 0 Å². The number of rotatable bonds is 11. The number of carbonyl (C=O) groups excluding carboxylic acids is 1. The van der Waals surface area contributed by atoms with Gasteiger partial charge in [0, 0.05) is 0 Å². The second kappa shape index (κ2) is 11.9. The Bertz CT molecular complexity index is 252. The van der Waals surface area contributed by atoms with Crippen molar-refractivity contribution in [3.63, 3.8) is 0 Å². The highest BCUT2D eigenvalue weighted by Gasteiger charge is 2.34. The molecule has 0 aliphatic heterocycles. The monoisotopic (exact) mass is 344 g/mol. The predicted octanol–water partition coefficient (Wildman–Crippen LogP) is 6.21. The predicted molar refractivity (Wildman–Crippen MR) is 87.7 cm³/mol. The highest BCUT2D eigenvalue weighted by molar-refractivity contribution is 6.75. The topological polar surface area (TPSA) is 26.3 Å². The van der Waals surface area contributed by atoms with E-state index < -0.39 is 9.76 Å². The van der Waals surface area contributed by atoms with Gasteiger partial charge in [-0.3, -0.25) is 0 Å². The number of unbranched alkanes of at least 4 members (excludes halogenated alkanes) is 6. The van der Waals surface area contributed by atoms with Gasteiger partial charge >= 0.3 is 5.97 Å². The Morgan fingerprint density at radius 1 is 0.900 bits per heavy atom. The molecule has 120 valence electrons. The molecule has 0 saturated heterocycles. The fourth-order valence-corrected chi connectivity index (χ4v) is 2.27. The van der Waals surface area contributed by atoms with Gasteiger partial charge in [-0.05, 0) is 19.3 Å². The molecule has 0 aromatic rings. The Hall–Kier alpha value is 0.340. The molecular formula is C15H27Cl3O2. The first kappa shape index (κ1) is 20.3. The highest BCUT2D eigenvalue weighted by atomic mass is 35.6. The molecule has 0 radical (unpaired) electrons. The second-order valence-electron chi connectivity index (χ2n) is 5.22. The van der Waals surface area contributed by atoms with E-state index in [4.69, 9.17) is 39.5 Å². The van der Waals surface area contributed by atoms with E-state index in [0.717, 1.165) is 25.7 Å². The van der Waals surface area contributed by atoms with Gasteiger partial charge in [0.05, 0.1) is 0 Å². The van der Waals surface area contributed by atoms with Crippen LogP contribution in [0.15, 0.2) is 0 Å². The van der Waals surface area contributed by atoms with Crippen molar-refractivity contribution in [1.29, 1.82) is 0 Å². The molecule has 2 nitrogen and oxygen atoms in total. The van der Waals surface area contributed by atoms with Crippen molar-refractivity contribution in [3.8, 4) is 0 Å². The Kier molecular flexibility index (Phi) is 12.1. The largest absolute Gasteiger partial charge is 0.459 e. The fourth-order valence-electron chi connectivity index (χ4n) is 2.13. The Morgan fingerprint density at radius 3 is 1.95 bits per heavy atom. The van der Waals surface area contributed by atoms with Crippen molar-refractivity contribution in [2.45, 2.75) is 88.0 Å². The van der Waals surface area contributed by atoms with Crippen molar-refractivity contribution in [1.82, 2.24) is 0 Å². The van der Waals surface area contributed by atoms with E-state index in [-0.39, 0.29) is 6.10 Å². The first-order chi connectivity index (χ1) is 9.41. The van der Waals surface area contributed by atoms with Crippen LogP contribution in [-0.2, 0) is 9.53 Å². The summed E-state index contributed by atoms with van der Waals surface area (Å²) in [5.41, 5.74) is 0. The molecule has 0 aromatic carbocycles. The van der Waals surface area contributed by atoms with E-state index >= 15 is 0 Å². The maximum atomic E-state index is 11.5. The van der Waals surface area contributed by atoms with Crippen LogP contribution in [0.4, 0.5) is 0 Å². The van der Waals surface area contributed by atoms with E-state index in [2.05, 4.69) is 13.8 Å². The number of carbonyl (C=O) groups is 1. The van der Waals surface area contributed by atoms with Gasteiger partial charge in [-0.1, -0.05) is 93.6 Å². The summed E-state index contributed by atoms with van der Waals surface area (Å²) in [6.45, 7) is 4.27. The molecule has 0 saturated carbocycles. The van der Waals surface area contributed by atoms with Gasteiger partial charge in [0.1, 0.15) is 6.10 Å². The molecule has 0 bridgehead atoms. The van der Waals surface area contributed by atoms with Crippen LogP contribution in [-0.4, -0.2) is 15.9 Å². The van der Waals surface area contributed by atoms with Gasteiger partial charge in [0.25, 0.3) is 3.79 Å². The zero-order chi connectivity index (χ0) is 15.4. The minimum atomic E-state index is -1.97. The summed E-state index contributed by atoms with van der Waals surface area (Å²) < 4.78 is 3.30. The first-order valence-electron chi connectivity index (χ1n) is 7.69. The first-order valence-corrected chi connectivity index (χ1v) is 8.83. The third kappa shape index (κ3) is 11.0. The lowest BCUT2D eigenvalue weighted by Gasteiger charge is -2.19. The van der Waals surface area contributed by atoms with Gasteiger partial charge in [-0.25, -0.2) is 4.79 Å². The molecule has 0 spiro atoms. The van der Waals surface area contributed by atoms with Crippen LogP contribution in [0.2, 0.25) is 0 Å². The van der Waals surface area contributed by atoms with Crippen molar-refractivity contribution in [2.75, 3.05) is 0 Å². The zero-order valence-corrected chi connectivity index (χ0v) is 14.9. The van der Waals surface area contributed by atoms with Gasteiger partial charge in [-0.15, -0.1) is 0 Å². The molecule has 1 atom stereocenters. The SMILES string of the molecule is CCCCCCCCCC(CCC)OC(=O)C(Cl)(Cl)Cl. The molecule has 1 unspecified atom stereocenters. The Balaban J connectivity index is 3.83. The van der Waals surface area contributed by atoms with Crippen LogP contribution in [0, 0.1) is 0 Å². The van der Waals surface area contributed by atoms with E-state index in [1.54, 1.807) is 0 Å². The van der Waals surface area contributed by atoms with Crippen molar-refractivity contribution < 1.29 is 9.53 Å². The average Bonchev–Trinajstić information content (AvgIpc) is 2.36. The molecule has 0 heterocycles. The molecule has 0 N–H and O–H groups in total. The van der Waals surface area contributed by atoms with Crippen LogP contribution in [0.25, 0.3) is 0 Å². The van der Waals surface area contributed by atoms with Gasteiger partial charge < -0.3 is 4.74 Å². The van der Waals surface area contributed by atoms with Gasteiger partial charge in [0.15, 0.2) is 0 Å². The minimum Gasteiger partial charge on any atom is -0.459 e. The number of alkyl halides is 3. The standard InChI is InChI=1S/C15H27Cl3O2/c1-3-5-6-7-8-9-10-12-13(11-4-2)20-14(19)15(16,17)18/h13H,3-12H2,1-2H3. The fraction of sp³-hybridized carbons (Fsp3) is 0.933. The summed E-state index contributed by atoms with van der Waals surface area (Å²) in [5, 5.41) is 0. The summed E-state index contributed by atoms with van der Waals surface area (Å²) >= 11 is 16.5. The van der Waals surface area contributed by atoms with E-state index in [1.165, 1.54) is 38.5 Å². The molecule has 5 heteroatoms. The van der Waals surface area contributed by atoms with Crippen LogP contribution >= 0.6 is 34.8 Å². The third-order valence-electron chi connectivity index (χ3n) is 3.25. The average molecular weight is 346 g/mol. The zero-order valence-electron chi connectivity index (χ0n) is 12.6. The molecule has 0 aromatic heterocycles. The summed E-state index contributed by atoms with van der Waals surface area (Å²) in [5.74, 6) is -0.760. The lowest BCUT2D eigenvalue weighted by atomic mass is 10.0. The quantitative estimate of drug-likeness (QED) is 0.253. The molecule has 0 rings (SSSR count). The number of hydrogen-bond donors (Lipinski definition) is 0. The summed E-state index contributed by atoms with van der Waals surface area (Å²) in [4.78, 5) is 11.5. The highest BCUT2D eigenvalue weighted by Crippen LogP contribution is 2.29. The third-order valence-corrected chi connectivity index (χ3v) is 3.71. The Labute approximate surface area is 138 Å². The molecule has 0 aliphatic rings. The number of hydrogen-bond acceptors (Lipinski definition) is 2. The molecule has 0 aliphatic carbocycles. The summed E-state index contributed by atoms with van der Waals surface area (Å²) in [7, 11) is 0. The number of halogens is 3. The molecular weight excluding hydrogens is 319 g/mol. The smallest absolute Gasteiger partial charge is 0.358 e. The van der Waals surface area contributed by atoms with Gasteiger partial charge in [0.2, 0.25) is 0 Å². The number of esters is 1. The summed E-state index contributed by atoms with van der Waals surface area (Å²) in [6.07, 6.45) is 11.2. The van der Waals surface area contributed by atoms with Gasteiger partial charge in [-0.2, -0.15) is 0 Å².